The molecule has 2 N–H and O–H groups in total. The lowest BCUT2D eigenvalue weighted by Crippen LogP contribution is -2.19. The van der Waals surface area contributed by atoms with E-state index in [2.05, 4.69) is 5.32 Å². The van der Waals surface area contributed by atoms with Crippen LogP contribution < -0.4 is 5.32 Å². The Bertz CT molecular complexity index is 107. The summed E-state index contributed by atoms with van der Waals surface area (Å²) in [6.07, 6.45) is 1.06. The van der Waals surface area contributed by atoms with E-state index in [1.807, 2.05) is 6.07 Å². The number of aliphatic hydroxyl groups excluding tert-OH is 1. The highest BCUT2D eigenvalue weighted by Gasteiger charge is 1.92. The van der Waals surface area contributed by atoms with Gasteiger partial charge in [0.2, 0.25) is 0 Å². The van der Waals surface area contributed by atoms with Gasteiger partial charge in [0, 0.05) is 13.0 Å². The minimum absolute atomic E-state index is 0.241. The van der Waals surface area contributed by atoms with E-state index >= 15 is 0 Å². The largest absolute Gasteiger partial charge is 0.393 e. The Morgan fingerprint density at radius 1 is 1.60 bits per heavy atom. The molecule has 0 radical (unpaired) electrons. The van der Waals surface area contributed by atoms with Gasteiger partial charge in [-0.15, -0.1) is 0 Å². The third kappa shape index (κ3) is 7.41. The number of nitrogens with one attached hydrogen (secondary N) is 1. The van der Waals surface area contributed by atoms with Crippen LogP contribution in [0.1, 0.15) is 19.8 Å². The molecule has 1 unspecified atom stereocenters. The molecule has 0 saturated heterocycles. The maximum absolute atomic E-state index is 8.80. The molecule has 0 spiro atoms. The van der Waals surface area contributed by atoms with Crippen LogP contribution in [0.15, 0.2) is 0 Å². The van der Waals surface area contributed by atoms with Gasteiger partial charge in [0.25, 0.3) is 0 Å². The second kappa shape index (κ2) is 6.53. The molecule has 0 saturated carbocycles. The zero-order chi connectivity index (χ0) is 7.82. The van der Waals surface area contributed by atoms with Crippen LogP contribution in [-0.4, -0.2) is 24.3 Å². The second-order valence-electron chi connectivity index (χ2n) is 2.30. The van der Waals surface area contributed by atoms with Gasteiger partial charge in [-0.3, -0.25) is 0 Å². The normalized spacial score (nSPS) is 12.5. The molecule has 0 aliphatic heterocycles. The Morgan fingerprint density at radius 2 is 2.30 bits per heavy atom. The first kappa shape index (κ1) is 9.41. The van der Waals surface area contributed by atoms with Crippen molar-refractivity contribution >= 4 is 0 Å². The maximum Gasteiger partial charge on any atom is 0.0635 e. The van der Waals surface area contributed by atoms with E-state index in [1.54, 1.807) is 6.92 Å². The Kier molecular flexibility index (Phi) is 6.14. The van der Waals surface area contributed by atoms with Gasteiger partial charge < -0.3 is 10.4 Å². The maximum atomic E-state index is 8.80. The van der Waals surface area contributed by atoms with E-state index in [0.29, 0.717) is 6.42 Å². The first-order chi connectivity index (χ1) is 4.77. The number of nitrogens with zero attached hydrogens (tertiary/aromatic N) is 1. The van der Waals surface area contributed by atoms with Crippen LogP contribution in [0.4, 0.5) is 0 Å². The Labute approximate surface area is 61.7 Å². The topological polar surface area (TPSA) is 56.0 Å². The van der Waals surface area contributed by atoms with E-state index in [9.17, 15) is 0 Å². The molecule has 0 fully saturated rings. The smallest absolute Gasteiger partial charge is 0.0635 e. The van der Waals surface area contributed by atoms with Crippen LogP contribution in [0.2, 0.25) is 0 Å². The first-order valence-corrected chi connectivity index (χ1v) is 3.53. The van der Waals surface area contributed by atoms with Gasteiger partial charge >= 0.3 is 0 Å². The fraction of sp³-hybridized carbons (Fsp3) is 0.857. The molecule has 0 aliphatic carbocycles. The lowest BCUT2D eigenvalue weighted by atomic mass is 10.3. The van der Waals surface area contributed by atoms with Crippen LogP contribution >= 0.6 is 0 Å². The average Bonchev–Trinajstić information content (AvgIpc) is 1.87. The summed E-state index contributed by atoms with van der Waals surface area (Å²) in [5.74, 6) is 0. The van der Waals surface area contributed by atoms with Crippen molar-refractivity contribution < 1.29 is 5.11 Å². The van der Waals surface area contributed by atoms with Gasteiger partial charge in [-0.2, -0.15) is 5.26 Å². The number of nitriles is 1. The fourth-order valence-electron chi connectivity index (χ4n) is 0.580. The van der Waals surface area contributed by atoms with Gasteiger partial charge in [-0.05, 0) is 19.9 Å². The van der Waals surface area contributed by atoms with Crippen molar-refractivity contribution in [2.45, 2.75) is 25.9 Å². The Balaban J connectivity index is 2.86. The highest BCUT2D eigenvalue weighted by Crippen LogP contribution is 1.85. The Hall–Kier alpha value is -0.590. The van der Waals surface area contributed by atoms with Crippen molar-refractivity contribution in [3.05, 3.63) is 0 Å². The number of hydrogen-bond acceptors (Lipinski definition) is 3. The predicted octanol–water partition coefficient (Wildman–Crippen LogP) is 0.261. The molecule has 0 aromatic rings. The van der Waals surface area contributed by atoms with Gasteiger partial charge in [-0.1, -0.05) is 0 Å². The quantitative estimate of drug-likeness (QED) is 0.541. The molecule has 3 nitrogen and oxygen atoms in total. The summed E-state index contributed by atoms with van der Waals surface area (Å²) in [6, 6.07) is 2.03. The highest BCUT2D eigenvalue weighted by atomic mass is 16.3. The third-order valence-corrected chi connectivity index (χ3v) is 1.15. The molecule has 10 heavy (non-hydrogen) atoms. The van der Waals surface area contributed by atoms with Crippen LogP contribution in [0.5, 0.6) is 0 Å². The molecule has 0 aromatic carbocycles. The minimum atomic E-state index is -0.241. The SMILES string of the molecule is CC(O)CCNCCC#N. The van der Waals surface area contributed by atoms with E-state index < -0.39 is 0 Å². The highest BCUT2D eigenvalue weighted by molar-refractivity contribution is 4.69. The number of rotatable bonds is 5. The first-order valence-electron chi connectivity index (χ1n) is 3.53. The molecular weight excluding hydrogens is 128 g/mol. The summed E-state index contributed by atoms with van der Waals surface area (Å²) in [6.45, 7) is 3.27. The number of hydrogen-bond donors (Lipinski definition) is 2. The molecule has 0 aromatic heterocycles. The summed E-state index contributed by atoms with van der Waals surface area (Å²) < 4.78 is 0. The van der Waals surface area contributed by atoms with Crippen LogP contribution in [0.3, 0.4) is 0 Å². The van der Waals surface area contributed by atoms with Crippen LogP contribution in [0, 0.1) is 11.3 Å². The lowest BCUT2D eigenvalue weighted by Gasteiger charge is -2.03. The molecule has 58 valence electrons. The summed E-state index contributed by atoms with van der Waals surface area (Å²) in [5, 5.41) is 20.0. The fourth-order valence-corrected chi connectivity index (χ4v) is 0.580. The van der Waals surface area contributed by atoms with Gasteiger partial charge in [-0.25, -0.2) is 0 Å². The zero-order valence-electron chi connectivity index (χ0n) is 6.30. The van der Waals surface area contributed by atoms with E-state index in [4.69, 9.17) is 10.4 Å². The van der Waals surface area contributed by atoms with Crippen molar-refractivity contribution in [2.24, 2.45) is 0 Å². The van der Waals surface area contributed by atoms with Crippen molar-refractivity contribution in [2.75, 3.05) is 13.1 Å². The second-order valence-corrected chi connectivity index (χ2v) is 2.30. The molecule has 1 atom stereocenters. The summed E-state index contributed by atoms with van der Waals surface area (Å²) >= 11 is 0. The van der Waals surface area contributed by atoms with Crippen LogP contribution in [0.25, 0.3) is 0 Å². The van der Waals surface area contributed by atoms with Gasteiger partial charge in [0.05, 0.1) is 12.2 Å². The van der Waals surface area contributed by atoms with Crippen molar-refractivity contribution in [3.63, 3.8) is 0 Å². The lowest BCUT2D eigenvalue weighted by molar-refractivity contribution is 0.184. The minimum Gasteiger partial charge on any atom is -0.393 e. The number of aliphatic hydroxyl groups is 1. The standard InChI is InChI=1S/C7H14N2O/c1-7(10)3-6-9-5-2-4-8/h7,9-10H,2-3,5-6H2,1H3. The van der Waals surface area contributed by atoms with Crippen molar-refractivity contribution in [3.8, 4) is 6.07 Å². The van der Waals surface area contributed by atoms with Crippen LogP contribution in [-0.2, 0) is 0 Å². The summed E-state index contributed by atoms with van der Waals surface area (Å²) in [5.41, 5.74) is 0. The van der Waals surface area contributed by atoms with Gasteiger partial charge in [0.15, 0.2) is 0 Å². The molecule has 0 heterocycles. The average molecular weight is 142 g/mol. The molecule has 0 amide bonds. The van der Waals surface area contributed by atoms with Gasteiger partial charge in [0.1, 0.15) is 0 Å². The third-order valence-electron chi connectivity index (χ3n) is 1.15. The van der Waals surface area contributed by atoms with Crippen molar-refractivity contribution in [1.29, 1.82) is 5.26 Å². The molecule has 0 bridgehead atoms. The molecule has 3 heteroatoms. The van der Waals surface area contributed by atoms with E-state index in [0.717, 1.165) is 19.5 Å². The molecule has 0 rings (SSSR count). The van der Waals surface area contributed by atoms with E-state index in [1.165, 1.54) is 0 Å². The molecule has 0 aliphatic rings. The predicted molar refractivity (Wildman–Crippen MR) is 39.4 cm³/mol. The van der Waals surface area contributed by atoms with Crippen molar-refractivity contribution in [1.82, 2.24) is 5.32 Å². The molecular formula is C7H14N2O. The summed E-state index contributed by atoms with van der Waals surface area (Å²) in [4.78, 5) is 0. The Morgan fingerprint density at radius 3 is 2.80 bits per heavy atom. The monoisotopic (exact) mass is 142 g/mol. The zero-order valence-corrected chi connectivity index (χ0v) is 6.30. The van der Waals surface area contributed by atoms with E-state index in [-0.39, 0.29) is 6.10 Å². The summed E-state index contributed by atoms with van der Waals surface area (Å²) in [7, 11) is 0.